The SMILES string of the molecule is NCC1(c2ccccc2C2(CO)CC2)CC1. The summed E-state index contributed by atoms with van der Waals surface area (Å²) in [6.45, 7) is 1.02. The fourth-order valence-corrected chi connectivity index (χ4v) is 2.81. The molecule has 1 aromatic rings. The van der Waals surface area contributed by atoms with E-state index in [4.69, 9.17) is 5.73 Å². The van der Waals surface area contributed by atoms with Crippen molar-refractivity contribution in [1.29, 1.82) is 0 Å². The fraction of sp³-hybridized carbons (Fsp3) is 0.571. The summed E-state index contributed by atoms with van der Waals surface area (Å²) < 4.78 is 0. The third-order valence-electron chi connectivity index (χ3n) is 4.47. The third-order valence-corrected chi connectivity index (χ3v) is 4.47. The van der Waals surface area contributed by atoms with Crippen LogP contribution in [-0.2, 0) is 10.8 Å². The van der Waals surface area contributed by atoms with Crippen LogP contribution < -0.4 is 5.73 Å². The quantitative estimate of drug-likeness (QED) is 0.806. The summed E-state index contributed by atoms with van der Waals surface area (Å²) in [6.07, 6.45) is 4.67. The molecule has 2 heteroatoms. The first-order chi connectivity index (χ1) is 7.76. The molecule has 2 nitrogen and oxygen atoms in total. The van der Waals surface area contributed by atoms with E-state index in [1.807, 2.05) is 0 Å². The van der Waals surface area contributed by atoms with Crippen molar-refractivity contribution in [3.63, 3.8) is 0 Å². The smallest absolute Gasteiger partial charge is 0.0528 e. The zero-order valence-electron chi connectivity index (χ0n) is 9.58. The lowest BCUT2D eigenvalue weighted by molar-refractivity contribution is 0.254. The number of aliphatic hydroxyl groups excluding tert-OH is 1. The molecule has 0 saturated heterocycles. The average molecular weight is 217 g/mol. The van der Waals surface area contributed by atoms with Gasteiger partial charge in [0.05, 0.1) is 6.61 Å². The second-order valence-corrected chi connectivity index (χ2v) is 5.47. The highest BCUT2D eigenvalue weighted by Gasteiger charge is 2.50. The van der Waals surface area contributed by atoms with E-state index in [1.54, 1.807) is 0 Å². The molecule has 2 aliphatic carbocycles. The van der Waals surface area contributed by atoms with Crippen LogP contribution in [0.15, 0.2) is 24.3 Å². The number of nitrogens with two attached hydrogens (primary N) is 1. The van der Waals surface area contributed by atoms with E-state index in [9.17, 15) is 5.11 Å². The predicted molar refractivity (Wildman–Crippen MR) is 64.4 cm³/mol. The van der Waals surface area contributed by atoms with Gasteiger partial charge in [0.1, 0.15) is 0 Å². The van der Waals surface area contributed by atoms with Gasteiger partial charge in [0.25, 0.3) is 0 Å². The first-order valence-corrected chi connectivity index (χ1v) is 6.17. The topological polar surface area (TPSA) is 46.2 Å². The van der Waals surface area contributed by atoms with Crippen LogP contribution in [0.1, 0.15) is 36.8 Å². The van der Waals surface area contributed by atoms with Gasteiger partial charge in [-0.2, -0.15) is 0 Å². The Morgan fingerprint density at radius 1 is 1.00 bits per heavy atom. The number of aliphatic hydroxyl groups is 1. The number of benzene rings is 1. The molecule has 0 aromatic heterocycles. The van der Waals surface area contributed by atoms with Gasteiger partial charge in [-0.05, 0) is 36.8 Å². The van der Waals surface area contributed by atoms with Crippen molar-refractivity contribution in [2.24, 2.45) is 5.73 Å². The molecule has 0 bridgehead atoms. The van der Waals surface area contributed by atoms with Gasteiger partial charge in [-0.25, -0.2) is 0 Å². The molecular weight excluding hydrogens is 198 g/mol. The van der Waals surface area contributed by atoms with Gasteiger partial charge in [-0.15, -0.1) is 0 Å². The van der Waals surface area contributed by atoms with Crippen molar-refractivity contribution in [2.75, 3.05) is 13.2 Å². The normalized spacial score (nSPS) is 24.1. The lowest BCUT2D eigenvalue weighted by Crippen LogP contribution is -2.25. The third kappa shape index (κ3) is 1.33. The maximum absolute atomic E-state index is 9.56. The lowest BCUT2D eigenvalue weighted by atomic mass is 9.84. The van der Waals surface area contributed by atoms with Crippen molar-refractivity contribution in [2.45, 2.75) is 36.5 Å². The molecule has 16 heavy (non-hydrogen) atoms. The molecule has 0 spiro atoms. The Hall–Kier alpha value is -0.860. The summed E-state index contributed by atoms with van der Waals surface area (Å²) in [5.74, 6) is 0. The summed E-state index contributed by atoms with van der Waals surface area (Å²) in [5.41, 5.74) is 8.99. The molecular formula is C14H19NO. The maximum Gasteiger partial charge on any atom is 0.0528 e. The average Bonchev–Trinajstić information content (AvgIpc) is 3.24. The molecule has 0 atom stereocenters. The summed E-state index contributed by atoms with van der Waals surface area (Å²) >= 11 is 0. The largest absolute Gasteiger partial charge is 0.395 e. The van der Waals surface area contributed by atoms with Gasteiger partial charge in [0.2, 0.25) is 0 Å². The molecule has 0 amide bonds. The van der Waals surface area contributed by atoms with Crippen LogP contribution in [0.5, 0.6) is 0 Å². The van der Waals surface area contributed by atoms with E-state index >= 15 is 0 Å². The summed E-state index contributed by atoms with van der Waals surface area (Å²) in [6, 6.07) is 8.59. The first-order valence-electron chi connectivity index (χ1n) is 6.17. The standard InChI is InChI=1S/C14H19NO/c15-9-13(5-6-13)11-3-1-2-4-12(11)14(10-16)7-8-14/h1-4,16H,5-10,15H2. The lowest BCUT2D eigenvalue weighted by Gasteiger charge is -2.22. The molecule has 0 radical (unpaired) electrons. The van der Waals surface area contributed by atoms with E-state index in [0.717, 1.165) is 19.4 Å². The molecule has 86 valence electrons. The predicted octanol–water partition coefficient (Wildman–Crippen LogP) is 1.70. The number of rotatable bonds is 4. The molecule has 1 aromatic carbocycles. The Morgan fingerprint density at radius 3 is 1.88 bits per heavy atom. The van der Waals surface area contributed by atoms with Gasteiger partial charge in [-0.3, -0.25) is 0 Å². The van der Waals surface area contributed by atoms with Gasteiger partial charge in [-0.1, -0.05) is 24.3 Å². The number of hydrogen-bond acceptors (Lipinski definition) is 2. The summed E-state index contributed by atoms with van der Waals surface area (Å²) in [5, 5.41) is 9.56. The molecule has 2 saturated carbocycles. The van der Waals surface area contributed by atoms with Crippen molar-refractivity contribution in [3.8, 4) is 0 Å². The second kappa shape index (κ2) is 3.31. The van der Waals surface area contributed by atoms with Crippen LogP contribution in [0.2, 0.25) is 0 Å². The van der Waals surface area contributed by atoms with E-state index in [1.165, 1.54) is 24.0 Å². The Bertz CT molecular complexity index is 366. The van der Waals surface area contributed by atoms with Crippen molar-refractivity contribution < 1.29 is 5.11 Å². The van der Waals surface area contributed by atoms with Gasteiger partial charge < -0.3 is 10.8 Å². The monoisotopic (exact) mass is 217 g/mol. The summed E-state index contributed by atoms with van der Waals surface area (Å²) in [7, 11) is 0. The van der Waals surface area contributed by atoms with Crippen LogP contribution in [0.4, 0.5) is 0 Å². The van der Waals surface area contributed by atoms with E-state index in [0.29, 0.717) is 0 Å². The van der Waals surface area contributed by atoms with Crippen LogP contribution in [0.3, 0.4) is 0 Å². The Labute approximate surface area is 96.5 Å². The number of hydrogen-bond donors (Lipinski definition) is 2. The molecule has 2 fully saturated rings. The zero-order valence-corrected chi connectivity index (χ0v) is 9.58. The highest BCUT2D eigenvalue weighted by Crippen LogP contribution is 2.55. The molecule has 3 rings (SSSR count). The maximum atomic E-state index is 9.56. The van der Waals surface area contributed by atoms with Crippen LogP contribution in [0, 0.1) is 0 Å². The van der Waals surface area contributed by atoms with Crippen LogP contribution in [0.25, 0.3) is 0 Å². The Balaban J connectivity index is 2.05. The first kappa shape index (κ1) is 10.3. The highest BCUT2D eigenvalue weighted by molar-refractivity contribution is 5.46. The minimum atomic E-state index is 0.0708. The minimum Gasteiger partial charge on any atom is -0.395 e. The second-order valence-electron chi connectivity index (χ2n) is 5.47. The van der Waals surface area contributed by atoms with Gasteiger partial charge in [0.15, 0.2) is 0 Å². The van der Waals surface area contributed by atoms with Crippen LogP contribution in [-0.4, -0.2) is 18.3 Å². The Kier molecular flexibility index (Phi) is 2.13. The van der Waals surface area contributed by atoms with Crippen molar-refractivity contribution in [1.82, 2.24) is 0 Å². The molecule has 2 aliphatic rings. The molecule has 0 unspecified atom stereocenters. The molecule has 0 aliphatic heterocycles. The minimum absolute atomic E-state index is 0.0708. The van der Waals surface area contributed by atoms with Gasteiger partial charge >= 0.3 is 0 Å². The fourth-order valence-electron chi connectivity index (χ4n) is 2.81. The zero-order chi connectivity index (χ0) is 11.2. The molecule has 3 N–H and O–H groups in total. The Morgan fingerprint density at radius 2 is 1.50 bits per heavy atom. The van der Waals surface area contributed by atoms with Crippen LogP contribution >= 0.6 is 0 Å². The molecule has 0 heterocycles. The van der Waals surface area contributed by atoms with E-state index in [2.05, 4.69) is 24.3 Å². The van der Waals surface area contributed by atoms with E-state index in [-0.39, 0.29) is 17.4 Å². The summed E-state index contributed by atoms with van der Waals surface area (Å²) in [4.78, 5) is 0. The van der Waals surface area contributed by atoms with E-state index < -0.39 is 0 Å². The van der Waals surface area contributed by atoms with Crippen molar-refractivity contribution in [3.05, 3.63) is 35.4 Å². The van der Waals surface area contributed by atoms with Gasteiger partial charge in [0, 0.05) is 17.4 Å². The highest BCUT2D eigenvalue weighted by atomic mass is 16.3. The van der Waals surface area contributed by atoms with Crippen molar-refractivity contribution >= 4 is 0 Å².